The van der Waals surface area contributed by atoms with Crippen LogP contribution in [0.5, 0.6) is 0 Å². The van der Waals surface area contributed by atoms with Gasteiger partial charge in [0.2, 0.25) is 5.91 Å². The number of nitro benzene ring substituents is 1. The molecule has 0 saturated carbocycles. The van der Waals surface area contributed by atoms with E-state index in [1.807, 2.05) is 0 Å². The van der Waals surface area contributed by atoms with Crippen LogP contribution in [0.15, 0.2) is 24.3 Å². The van der Waals surface area contributed by atoms with Gasteiger partial charge in [0.05, 0.1) is 4.92 Å². The molecule has 1 aliphatic heterocycles. The molecular formula is C8H6N2O3. The van der Waals surface area contributed by atoms with E-state index in [2.05, 4.69) is 0 Å². The van der Waals surface area contributed by atoms with Gasteiger partial charge >= 0.3 is 0 Å². The first-order chi connectivity index (χ1) is 6.18. The maximum Gasteiger partial charge on any atom is 0.269 e. The van der Waals surface area contributed by atoms with Crippen LogP contribution in [0.2, 0.25) is 0 Å². The molecule has 1 aliphatic rings. The van der Waals surface area contributed by atoms with Crippen LogP contribution >= 0.6 is 0 Å². The van der Waals surface area contributed by atoms with Gasteiger partial charge in [-0.15, -0.1) is 0 Å². The van der Waals surface area contributed by atoms with E-state index < -0.39 is 4.92 Å². The van der Waals surface area contributed by atoms with Gasteiger partial charge in [-0.25, -0.2) is 0 Å². The molecule has 13 heavy (non-hydrogen) atoms. The fourth-order valence-corrected chi connectivity index (χ4v) is 1.09. The molecule has 1 heterocycles. The summed E-state index contributed by atoms with van der Waals surface area (Å²) in [7, 11) is 0. The molecule has 2 rings (SSSR count). The lowest BCUT2D eigenvalue weighted by Gasteiger charge is -1.97. The molecule has 0 N–H and O–H groups in total. The summed E-state index contributed by atoms with van der Waals surface area (Å²) in [4.78, 5) is 22.1. The Hall–Kier alpha value is -1.91. The molecule has 0 aliphatic carbocycles. The normalized spacial score (nSPS) is 14.5. The average Bonchev–Trinajstić information content (AvgIpc) is 2.83. The Morgan fingerprint density at radius 2 is 1.85 bits per heavy atom. The van der Waals surface area contributed by atoms with Crippen molar-refractivity contribution >= 4 is 17.3 Å². The average molecular weight is 178 g/mol. The highest BCUT2D eigenvalue weighted by Crippen LogP contribution is 2.24. The lowest BCUT2D eigenvalue weighted by molar-refractivity contribution is -0.384. The zero-order valence-electron chi connectivity index (χ0n) is 6.64. The molecule has 0 aromatic heterocycles. The molecular weight excluding hydrogens is 172 g/mol. The smallest absolute Gasteiger partial charge is 0.269 e. The molecule has 0 unspecified atom stereocenters. The third-order valence-corrected chi connectivity index (χ3v) is 1.86. The number of benzene rings is 1. The summed E-state index contributed by atoms with van der Waals surface area (Å²) in [5, 5.41) is 10.3. The zero-order chi connectivity index (χ0) is 9.42. The molecule has 0 spiro atoms. The maximum atomic E-state index is 10.7. The van der Waals surface area contributed by atoms with Crippen LogP contribution < -0.4 is 4.90 Å². The van der Waals surface area contributed by atoms with Crippen molar-refractivity contribution in [2.75, 3.05) is 11.4 Å². The highest BCUT2D eigenvalue weighted by Gasteiger charge is 2.31. The van der Waals surface area contributed by atoms with Crippen LogP contribution in [0.25, 0.3) is 0 Å². The number of non-ortho nitro benzene ring substituents is 1. The number of hydrogen-bond acceptors (Lipinski definition) is 3. The Balaban J connectivity index is 2.24. The number of nitrogens with zero attached hydrogens (tertiary/aromatic N) is 2. The number of nitro groups is 1. The first-order valence-electron chi connectivity index (χ1n) is 3.73. The van der Waals surface area contributed by atoms with Crippen molar-refractivity contribution in [3.05, 3.63) is 34.4 Å². The third-order valence-electron chi connectivity index (χ3n) is 1.86. The second kappa shape index (κ2) is 2.55. The van der Waals surface area contributed by atoms with Gasteiger partial charge in [-0.2, -0.15) is 0 Å². The van der Waals surface area contributed by atoms with Crippen molar-refractivity contribution in [1.29, 1.82) is 0 Å². The molecule has 66 valence electrons. The molecule has 1 amide bonds. The van der Waals surface area contributed by atoms with Gasteiger partial charge in [0.15, 0.2) is 0 Å². The molecule has 5 heteroatoms. The van der Waals surface area contributed by atoms with Crippen LogP contribution in [0.3, 0.4) is 0 Å². The van der Waals surface area contributed by atoms with E-state index in [1.165, 1.54) is 12.1 Å². The van der Waals surface area contributed by atoms with E-state index >= 15 is 0 Å². The highest BCUT2D eigenvalue weighted by molar-refractivity contribution is 6.11. The second-order valence-corrected chi connectivity index (χ2v) is 2.75. The Labute approximate surface area is 73.7 Å². The lowest BCUT2D eigenvalue weighted by atomic mass is 10.3. The van der Waals surface area contributed by atoms with Gasteiger partial charge in [0, 0.05) is 17.8 Å². The van der Waals surface area contributed by atoms with Crippen molar-refractivity contribution in [1.82, 2.24) is 0 Å². The van der Waals surface area contributed by atoms with E-state index in [1.54, 1.807) is 17.0 Å². The standard InChI is InChI=1S/C8H6N2O3/c11-8-5-9(8)6-1-3-7(4-2-6)10(12)13/h1-4H,5H2. The Kier molecular flexibility index (Phi) is 1.51. The Morgan fingerprint density at radius 1 is 1.31 bits per heavy atom. The van der Waals surface area contributed by atoms with Crippen molar-refractivity contribution in [3.8, 4) is 0 Å². The minimum Gasteiger partial charge on any atom is -0.301 e. The van der Waals surface area contributed by atoms with Gasteiger partial charge < -0.3 is 4.90 Å². The minimum absolute atomic E-state index is 0.0399. The monoisotopic (exact) mass is 178 g/mol. The molecule has 0 radical (unpaired) electrons. The van der Waals surface area contributed by atoms with E-state index in [0.717, 1.165) is 5.69 Å². The van der Waals surface area contributed by atoms with Crippen molar-refractivity contribution in [2.24, 2.45) is 0 Å². The van der Waals surface area contributed by atoms with Gasteiger partial charge in [0.25, 0.3) is 5.69 Å². The van der Waals surface area contributed by atoms with E-state index in [9.17, 15) is 14.9 Å². The summed E-state index contributed by atoms with van der Waals surface area (Å²) < 4.78 is 0. The molecule has 1 aromatic carbocycles. The van der Waals surface area contributed by atoms with E-state index in [0.29, 0.717) is 6.54 Å². The fraction of sp³-hybridized carbons (Fsp3) is 0.125. The van der Waals surface area contributed by atoms with E-state index in [-0.39, 0.29) is 11.6 Å². The minimum atomic E-state index is -0.464. The predicted octanol–water partition coefficient (Wildman–Crippen LogP) is 0.941. The Bertz CT molecular complexity index is 371. The molecule has 0 atom stereocenters. The van der Waals surface area contributed by atoms with Crippen LogP contribution in [-0.4, -0.2) is 17.4 Å². The van der Waals surface area contributed by atoms with Crippen LogP contribution in [0.1, 0.15) is 0 Å². The second-order valence-electron chi connectivity index (χ2n) is 2.75. The van der Waals surface area contributed by atoms with Gasteiger partial charge in [0.1, 0.15) is 6.54 Å². The summed E-state index contributed by atoms with van der Waals surface area (Å²) in [5.41, 5.74) is 0.758. The Morgan fingerprint density at radius 3 is 2.23 bits per heavy atom. The molecule has 1 fully saturated rings. The fourth-order valence-electron chi connectivity index (χ4n) is 1.09. The highest BCUT2D eigenvalue weighted by atomic mass is 16.6. The number of carbonyl (C=O) groups is 1. The van der Waals surface area contributed by atoms with E-state index in [4.69, 9.17) is 0 Å². The zero-order valence-corrected chi connectivity index (χ0v) is 6.64. The van der Waals surface area contributed by atoms with Crippen LogP contribution in [0.4, 0.5) is 11.4 Å². The number of anilines is 1. The first kappa shape index (κ1) is 7.72. The largest absolute Gasteiger partial charge is 0.301 e. The molecule has 1 aromatic rings. The molecule has 5 nitrogen and oxygen atoms in total. The summed E-state index contributed by atoms with van der Waals surface area (Å²) in [5.74, 6) is 0.0499. The number of amides is 1. The van der Waals surface area contributed by atoms with Gasteiger partial charge in [-0.1, -0.05) is 0 Å². The van der Waals surface area contributed by atoms with Crippen molar-refractivity contribution in [2.45, 2.75) is 0 Å². The van der Waals surface area contributed by atoms with Crippen LogP contribution in [0, 0.1) is 10.1 Å². The number of rotatable bonds is 2. The van der Waals surface area contributed by atoms with Crippen molar-refractivity contribution in [3.63, 3.8) is 0 Å². The first-order valence-corrected chi connectivity index (χ1v) is 3.73. The summed E-state index contributed by atoms with van der Waals surface area (Å²) in [6.45, 7) is 0.414. The molecule has 0 bridgehead atoms. The molecule has 1 saturated heterocycles. The SMILES string of the molecule is O=C1CN1c1ccc([N+](=O)[O-])cc1. The lowest BCUT2D eigenvalue weighted by Crippen LogP contribution is -1.93. The third kappa shape index (κ3) is 1.35. The number of carbonyl (C=O) groups excluding carboxylic acids is 1. The van der Waals surface area contributed by atoms with Crippen LogP contribution in [-0.2, 0) is 4.79 Å². The predicted molar refractivity (Wildman–Crippen MR) is 45.4 cm³/mol. The quantitative estimate of drug-likeness (QED) is 0.384. The maximum absolute atomic E-state index is 10.7. The summed E-state index contributed by atoms with van der Waals surface area (Å²) >= 11 is 0. The number of hydrogen-bond donors (Lipinski definition) is 0. The summed E-state index contributed by atoms with van der Waals surface area (Å²) in [6.07, 6.45) is 0. The van der Waals surface area contributed by atoms with Crippen molar-refractivity contribution < 1.29 is 9.72 Å². The van der Waals surface area contributed by atoms with Gasteiger partial charge in [-0.3, -0.25) is 14.9 Å². The summed E-state index contributed by atoms with van der Waals surface area (Å²) in [6, 6.07) is 5.92. The van der Waals surface area contributed by atoms with Gasteiger partial charge in [-0.05, 0) is 12.1 Å². The topological polar surface area (TPSA) is 63.2 Å².